The highest BCUT2D eigenvalue weighted by molar-refractivity contribution is 5.71. The maximum Gasteiger partial charge on any atom is 0.410 e. The number of piperidine rings is 1. The van der Waals surface area contributed by atoms with Crippen molar-refractivity contribution in [3.8, 4) is 23.2 Å². The fourth-order valence-corrected chi connectivity index (χ4v) is 4.03. The summed E-state index contributed by atoms with van der Waals surface area (Å²) in [5.74, 6) is 0.264. The highest BCUT2D eigenvalue weighted by atomic mass is 16.6. The molecule has 0 saturated carbocycles. The summed E-state index contributed by atoms with van der Waals surface area (Å²) in [6.45, 7) is 8.51. The first-order chi connectivity index (χ1) is 15.1. The molecule has 2 aromatic rings. The van der Waals surface area contributed by atoms with Crippen LogP contribution in [0.15, 0.2) is 18.2 Å². The molecule has 0 bridgehead atoms. The fourth-order valence-electron chi connectivity index (χ4n) is 4.03. The zero-order chi connectivity index (χ0) is 23.5. The van der Waals surface area contributed by atoms with E-state index in [-0.39, 0.29) is 29.1 Å². The van der Waals surface area contributed by atoms with Crippen molar-refractivity contribution in [2.75, 3.05) is 18.8 Å². The standard InChI is InChI=1S/C24H31N5O3/c1-5-8-15-9-6-11-18(30)19(15)22-27-20(17(13-25)21(26)28-22)16-10-7-12-29(14-16)23(31)32-24(2,3)4/h6,9,11,16,30H,5,7-8,10,12,14H2,1-4H3,(H2,26,27,28). The summed E-state index contributed by atoms with van der Waals surface area (Å²) in [5, 5.41) is 20.3. The van der Waals surface area contributed by atoms with Crippen LogP contribution in [0.25, 0.3) is 11.4 Å². The molecule has 1 atom stereocenters. The van der Waals surface area contributed by atoms with Crippen LogP contribution in [0.4, 0.5) is 10.6 Å². The van der Waals surface area contributed by atoms with E-state index >= 15 is 0 Å². The predicted octanol–water partition coefficient (Wildman–Crippen LogP) is 4.37. The van der Waals surface area contributed by atoms with E-state index in [1.165, 1.54) is 0 Å². The molecule has 1 saturated heterocycles. The SMILES string of the molecule is CCCc1cccc(O)c1-c1nc(N)c(C#N)c(C2CCCN(C(=O)OC(C)(C)C)C2)n1. The Kier molecular flexibility index (Phi) is 6.87. The summed E-state index contributed by atoms with van der Waals surface area (Å²) in [5.41, 5.74) is 7.76. The predicted molar refractivity (Wildman–Crippen MR) is 122 cm³/mol. The van der Waals surface area contributed by atoms with Crippen molar-refractivity contribution in [3.05, 3.63) is 35.0 Å². The molecule has 3 N–H and O–H groups in total. The average molecular weight is 438 g/mol. The number of nitrogen functional groups attached to an aromatic ring is 1. The van der Waals surface area contributed by atoms with Crippen LogP contribution in [-0.2, 0) is 11.2 Å². The van der Waals surface area contributed by atoms with Gasteiger partial charge >= 0.3 is 6.09 Å². The van der Waals surface area contributed by atoms with Gasteiger partial charge in [-0.3, -0.25) is 0 Å². The van der Waals surface area contributed by atoms with Gasteiger partial charge in [0.2, 0.25) is 0 Å². The highest BCUT2D eigenvalue weighted by Crippen LogP contribution is 2.36. The van der Waals surface area contributed by atoms with Gasteiger partial charge in [-0.1, -0.05) is 25.5 Å². The number of rotatable bonds is 4. The molecule has 0 spiro atoms. The molecule has 2 heterocycles. The average Bonchev–Trinajstić information content (AvgIpc) is 2.72. The number of anilines is 1. The first-order valence-electron chi connectivity index (χ1n) is 11.0. The highest BCUT2D eigenvalue weighted by Gasteiger charge is 2.31. The minimum absolute atomic E-state index is 0.0741. The van der Waals surface area contributed by atoms with E-state index in [9.17, 15) is 15.2 Å². The van der Waals surface area contributed by atoms with Crippen molar-refractivity contribution >= 4 is 11.9 Å². The first kappa shape index (κ1) is 23.3. The smallest absolute Gasteiger partial charge is 0.410 e. The lowest BCUT2D eigenvalue weighted by atomic mass is 9.91. The van der Waals surface area contributed by atoms with Crippen LogP contribution in [0.1, 0.15) is 69.7 Å². The number of carbonyl (C=O) groups is 1. The fraction of sp³-hybridized carbons (Fsp3) is 0.500. The Morgan fingerprint density at radius 2 is 2.12 bits per heavy atom. The largest absolute Gasteiger partial charge is 0.507 e. The van der Waals surface area contributed by atoms with Crippen LogP contribution in [0, 0.1) is 11.3 Å². The lowest BCUT2D eigenvalue weighted by Gasteiger charge is -2.34. The third-order valence-electron chi connectivity index (χ3n) is 5.41. The number of phenols is 1. The van der Waals surface area contributed by atoms with Crippen LogP contribution in [0.5, 0.6) is 5.75 Å². The second kappa shape index (κ2) is 9.43. The van der Waals surface area contributed by atoms with Crippen molar-refractivity contribution in [3.63, 3.8) is 0 Å². The van der Waals surface area contributed by atoms with E-state index in [0.29, 0.717) is 30.2 Å². The number of carbonyl (C=O) groups excluding carboxylic acids is 1. The van der Waals surface area contributed by atoms with Crippen LogP contribution < -0.4 is 5.73 Å². The van der Waals surface area contributed by atoms with Gasteiger partial charge in [0.25, 0.3) is 0 Å². The number of benzene rings is 1. The van der Waals surface area contributed by atoms with Gasteiger partial charge in [0.05, 0.1) is 11.3 Å². The third kappa shape index (κ3) is 5.10. The van der Waals surface area contributed by atoms with Gasteiger partial charge in [0, 0.05) is 19.0 Å². The maximum absolute atomic E-state index is 12.6. The van der Waals surface area contributed by atoms with Gasteiger partial charge in [-0.2, -0.15) is 5.26 Å². The molecular weight excluding hydrogens is 406 g/mol. The van der Waals surface area contributed by atoms with Crippen LogP contribution >= 0.6 is 0 Å². The zero-order valence-electron chi connectivity index (χ0n) is 19.2. The molecule has 1 aliphatic rings. The lowest BCUT2D eigenvalue weighted by Crippen LogP contribution is -2.42. The van der Waals surface area contributed by atoms with Crippen molar-refractivity contribution in [1.29, 1.82) is 5.26 Å². The van der Waals surface area contributed by atoms with Crippen molar-refractivity contribution < 1.29 is 14.6 Å². The molecule has 8 heteroatoms. The molecule has 32 heavy (non-hydrogen) atoms. The Bertz CT molecular complexity index is 1040. The summed E-state index contributed by atoms with van der Waals surface area (Å²) in [6, 6.07) is 7.44. The number of hydrogen-bond acceptors (Lipinski definition) is 7. The topological polar surface area (TPSA) is 125 Å². The number of aromatic hydroxyl groups is 1. The summed E-state index contributed by atoms with van der Waals surface area (Å²) >= 11 is 0. The number of nitriles is 1. The molecule has 3 rings (SSSR count). The molecular formula is C24H31N5O3. The van der Waals surface area contributed by atoms with Gasteiger partial charge in [0.1, 0.15) is 28.8 Å². The first-order valence-corrected chi connectivity index (χ1v) is 11.0. The quantitative estimate of drug-likeness (QED) is 0.727. The number of nitrogens with zero attached hydrogens (tertiary/aromatic N) is 4. The molecule has 0 aliphatic carbocycles. The molecule has 1 fully saturated rings. The van der Waals surface area contributed by atoms with E-state index in [1.54, 1.807) is 17.0 Å². The number of phenolic OH excluding ortho intramolecular Hbond substituents is 1. The number of aromatic nitrogens is 2. The van der Waals surface area contributed by atoms with Crippen molar-refractivity contribution in [2.24, 2.45) is 0 Å². The second-order valence-electron chi connectivity index (χ2n) is 9.13. The van der Waals surface area contributed by atoms with Crippen molar-refractivity contribution in [1.82, 2.24) is 14.9 Å². The monoisotopic (exact) mass is 437 g/mol. The Balaban J connectivity index is 2.02. The van der Waals surface area contributed by atoms with Gasteiger partial charge < -0.3 is 20.5 Å². The minimum atomic E-state index is -0.588. The van der Waals surface area contributed by atoms with Gasteiger partial charge in [-0.15, -0.1) is 0 Å². The normalized spacial score (nSPS) is 16.5. The number of aryl methyl sites for hydroxylation is 1. The molecule has 1 aromatic heterocycles. The summed E-state index contributed by atoms with van der Waals surface area (Å²) in [7, 11) is 0. The minimum Gasteiger partial charge on any atom is -0.507 e. The van der Waals surface area contributed by atoms with Gasteiger partial charge in [-0.05, 0) is 51.7 Å². The molecule has 1 unspecified atom stereocenters. The third-order valence-corrected chi connectivity index (χ3v) is 5.41. The Hall–Kier alpha value is -3.34. The number of hydrogen-bond donors (Lipinski definition) is 2. The molecule has 1 aromatic carbocycles. The van der Waals surface area contributed by atoms with Crippen LogP contribution in [0.3, 0.4) is 0 Å². The van der Waals surface area contributed by atoms with Gasteiger partial charge in [0.15, 0.2) is 5.82 Å². The van der Waals surface area contributed by atoms with E-state index < -0.39 is 5.60 Å². The van der Waals surface area contributed by atoms with E-state index in [1.807, 2.05) is 26.8 Å². The summed E-state index contributed by atoms with van der Waals surface area (Å²) in [4.78, 5) is 23.3. The summed E-state index contributed by atoms with van der Waals surface area (Å²) < 4.78 is 5.52. The van der Waals surface area contributed by atoms with E-state index in [4.69, 9.17) is 15.5 Å². The van der Waals surface area contributed by atoms with Crippen LogP contribution in [-0.4, -0.2) is 44.8 Å². The molecule has 170 valence electrons. The number of nitrogens with two attached hydrogens (primary N) is 1. The Labute approximate surface area is 189 Å². The number of likely N-dealkylation sites (tertiary alicyclic amines) is 1. The van der Waals surface area contributed by atoms with Crippen molar-refractivity contribution in [2.45, 2.75) is 64.9 Å². The molecule has 0 radical (unpaired) electrons. The Morgan fingerprint density at radius 3 is 2.78 bits per heavy atom. The number of amides is 1. The molecule has 1 aliphatic heterocycles. The maximum atomic E-state index is 12.6. The number of ether oxygens (including phenoxy) is 1. The Morgan fingerprint density at radius 1 is 1.38 bits per heavy atom. The van der Waals surface area contributed by atoms with E-state index in [2.05, 4.69) is 18.0 Å². The lowest BCUT2D eigenvalue weighted by molar-refractivity contribution is 0.0197. The summed E-state index contributed by atoms with van der Waals surface area (Å²) in [6.07, 6.45) is 2.77. The van der Waals surface area contributed by atoms with Gasteiger partial charge in [-0.25, -0.2) is 14.8 Å². The van der Waals surface area contributed by atoms with Crippen LogP contribution in [0.2, 0.25) is 0 Å². The second-order valence-corrected chi connectivity index (χ2v) is 9.13. The molecule has 1 amide bonds. The van der Waals surface area contributed by atoms with E-state index in [0.717, 1.165) is 31.2 Å². The zero-order valence-corrected chi connectivity index (χ0v) is 19.2. The molecule has 8 nitrogen and oxygen atoms in total.